The van der Waals surface area contributed by atoms with Crippen LogP contribution in [0.25, 0.3) is 0 Å². The first-order valence-electron chi connectivity index (χ1n) is 5.26. The van der Waals surface area contributed by atoms with Crippen LogP contribution in [0.1, 0.15) is 25.0 Å². The van der Waals surface area contributed by atoms with Gasteiger partial charge in [-0.2, -0.15) is 0 Å². The number of hydrogen-bond acceptors (Lipinski definition) is 2. The van der Waals surface area contributed by atoms with Crippen molar-refractivity contribution in [3.05, 3.63) is 29.3 Å². The van der Waals surface area contributed by atoms with E-state index >= 15 is 0 Å². The Morgan fingerprint density at radius 3 is 2.71 bits per heavy atom. The maximum atomic E-state index is 5.15. The number of nitrogens with one attached hydrogen (secondary N) is 1. The lowest BCUT2D eigenvalue weighted by atomic mass is 10.0. The van der Waals surface area contributed by atoms with Crippen LogP contribution >= 0.6 is 0 Å². The Hall–Kier alpha value is -1.02. The van der Waals surface area contributed by atoms with Crippen molar-refractivity contribution in [1.29, 1.82) is 0 Å². The molecule has 2 nitrogen and oxygen atoms in total. The van der Waals surface area contributed by atoms with Crippen molar-refractivity contribution >= 4 is 0 Å². The fraction of sp³-hybridized carbons (Fsp3) is 0.500. The zero-order chi connectivity index (χ0) is 10.4. The number of ether oxygens (including phenoxy) is 1. The molecule has 1 aromatic carbocycles. The standard InChI is InChI=1S/C10H13NO.C2H6/c1-12-10-3-2-8-4-5-11-7-9(8)6-10;1-2/h2-3,6,11H,4-5,7H2,1H3;1-2H3. The van der Waals surface area contributed by atoms with Gasteiger partial charge in [0.2, 0.25) is 0 Å². The second-order valence-corrected chi connectivity index (χ2v) is 3.06. The second kappa shape index (κ2) is 5.66. The zero-order valence-electron chi connectivity index (χ0n) is 9.26. The molecule has 0 atom stereocenters. The first-order valence-corrected chi connectivity index (χ1v) is 5.26. The van der Waals surface area contributed by atoms with Crippen molar-refractivity contribution in [2.45, 2.75) is 26.8 Å². The monoisotopic (exact) mass is 193 g/mol. The number of fused-ring (bicyclic) bond motifs is 1. The summed E-state index contributed by atoms with van der Waals surface area (Å²) >= 11 is 0. The normalized spacial score (nSPS) is 13.6. The van der Waals surface area contributed by atoms with E-state index in [1.54, 1.807) is 7.11 Å². The van der Waals surface area contributed by atoms with Gasteiger partial charge in [0.15, 0.2) is 0 Å². The van der Waals surface area contributed by atoms with E-state index in [9.17, 15) is 0 Å². The molecule has 78 valence electrons. The van der Waals surface area contributed by atoms with Crippen LogP contribution in [0.5, 0.6) is 5.75 Å². The molecule has 0 spiro atoms. The average molecular weight is 193 g/mol. The molecule has 0 aromatic heterocycles. The summed E-state index contributed by atoms with van der Waals surface area (Å²) in [5.41, 5.74) is 2.83. The smallest absolute Gasteiger partial charge is 0.119 e. The Morgan fingerprint density at radius 2 is 2.00 bits per heavy atom. The van der Waals surface area contributed by atoms with Crippen LogP contribution in [0, 0.1) is 0 Å². The largest absolute Gasteiger partial charge is 0.497 e. The van der Waals surface area contributed by atoms with E-state index in [0.717, 1.165) is 25.3 Å². The molecule has 2 rings (SSSR count). The molecule has 0 saturated heterocycles. The van der Waals surface area contributed by atoms with Crippen LogP contribution in [0.15, 0.2) is 18.2 Å². The summed E-state index contributed by atoms with van der Waals surface area (Å²) in [6, 6.07) is 6.31. The van der Waals surface area contributed by atoms with Gasteiger partial charge in [-0.15, -0.1) is 0 Å². The summed E-state index contributed by atoms with van der Waals surface area (Å²) in [5.74, 6) is 0.956. The predicted octanol–water partition coefficient (Wildman–Crippen LogP) is 2.37. The van der Waals surface area contributed by atoms with Crippen molar-refractivity contribution in [2.24, 2.45) is 0 Å². The summed E-state index contributed by atoms with van der Waals surface area (Å²) in [6.45, 7) is 6.08. The van der Waals surface area contributed by atoms with Crippen molar-refractivity contribution in [3.63, 3.8) is 0 Å². The minimum absolute atomic E-state index is 0.956. The third kappa shape index (κ3) is 2.48. The Kier molecular flexibility index (Phi) is 4.47. The van der Waals surface area contributed by atoms with Crippen LogP contribution in [-0.2, 0) is 13.0 Å². The molecule has 14 heavy (non-hydrogen) atoms. The van der Waals surface area contributed by atoms with E-state index < -0.39 is 0 Å². The van der Waals surface area contributed by atoms with Gasteiger partial charge in [0.1, 0.15) is 5.75 Å². The molecule has 1 heterocycles. The molecule has 1 N–H and O–H groups in total. The van der Waals surface area contributed by atoms with Crippen LogP contribution < -0.4 is 10.1 Å². The van der Waals surface area contributed by atoms with Gasteiger partial charge >= 0.3 is 0 Å². The van der Waals surface area contributed by atoms with E-state index in [2.05, 4.69) is 17.4 Å². The van der Waals surface area contributed by atoms with E-state index in [-0.39, 0.29) is 0 Å². The third-order valence-electron chi connectivity index (χ3n) is 2.30. The Balaban J connectivity index is 0.000000461. The lowest BCUT2D eigenvalue weighted by Gasteiger charge is -2.17. The lowest BCUT2D eigenvalue weighted by molar-refractivity contribution is 0.413. The molecule has 0 amide bonds. The minimum atomic E-state index is 0.956. The highest BCUT2D eigenvalue weighted by atomic mass is 16.5. The van der Waals surface area contributed by atoms with Crippen molar-refractivity contribution in [2.75, 3.05) is 13.7 Å². The first kappa shape index (κ1) is 11.1. The first-order chi connectivity index (χ1) is 6.90. The Bertz CT molecular complexity index is 284. The lowest BCUT2D eigenvalue weighted by Crippen LogP contribution is -2.23. The van der Waals surface area contributed by atoms with E-state index in [0.29, 0.717) is 0 Å². The van der Waals surface area contributed by atoms with E-state index in [1.165, 1.54) is 11.1 Å². The van der Waals surface area contributed by atoms with Gasteiger partial charge in [0.05, 0.1) is 7.11 Å². The molecule has 0 radical (unpaired) electrons. The molecule has 0 aliphatic carbocycles. The predicted molar refractivity (Wildman–Crippen MR) is 59.8 cm³/mol. The van der Waals surface area contributed by atoms with E-state index in [4.69, 9.17) is 4.74 Å². The highest BCUT2D eigenvalue weighted by Gasteiger charge is 2.08. The summed E-state index contributed by atoms with van der Waals surface area (Å²) in [5, 5.41) is 3.34. The third-order valence-corrected chi connectivity index (χ3v) is 2.30. The highest BCUT2D eigenvalue weighted by Crippen LogP contribution is 2.19. The second-order valence-electron chi connectivity index (χ2n) is 3.06. The van der Waals surface area contributed by atoms with E-state index in [1.807, 2.05) is 19.9 Å². The SMILES string of the molecule is CC.COc1ccc2c(c1)CNCC2. The van der Waals surface area contributed by atoms with Crippen LogP contribution in [0.3, 0.4) is 0 Å². The molecule has 0 bridgehead atoms. The molecule has 0 saturated carbocycles. The minimum Gasteiger partial charge on any atom is -0.497 e. The quantitative estimate of drug-likeness (QED) is 0.739. The van der Waals surface area contributed by atoms with Gasteiger partial charge in [-0.25, -0.2) is 0 Å². The van der Waals surface area contributed by atoms with Gasteiger partial charge in [0, 0.05) is 6.54 Å². The summed E-state index contributed by atoms with van der Waals surface area (Å²) in [6.07, 6.45) is 1.14. The Labute approximate surface area is 86.3 Å². The molecule has 1 aliphatic rings. The summed E-state index contributed by atoms with van der Waals surface area (Å²) in [4.78, 5) is 0. The zero-order valence-corrected chi connectivity index (χ0v) is 9.26. The molecular weight excluding hydrogens is 174 g/mol. The van der Waals surface area contributed by atoms with Crippen molar-refractivity contribution in [3.8, 4) is 5.75 Å². The van der Waals surface area contributed by atoms with Gasteiger partial charge < -0.3 is 10.1 Å². The summed E-state index contributed by atoms with van der Waals surface area (Å²) in [7, 11) is 1.71. The maximum Gasteiger partial charge on any atom is 0.119 e. The molecular formula is C12H19NO. The molecule has 2 heteroatoms. The van der Waals surface area contributed by atoms with Gasteiger partial charge in [-0.1, -0.05) is 19.9 Å². The molecule has 0 fully saturated rings. The molecule has 1 aromatic rings. The van der Waals surface area contributed by atoms with Crippen LogP contribution in [-0.4, -0.2) is 13.7 Å². The number of methoxy groups -OCH3 is 1. The van der Waals surface area contributed by atoms with Crippen molar-refractivity contribution in [1.82, 2.24) is 5.32 Å². The topological polar surface area (TPSA) is 21.3 Å². The molecule has 1 aliphatic heterocycles. The molecule has 0 unspecified atom stereocenters. The van der Waals surface area contributed by atoms with Gasteiger partial charge in [0.25, 0.3) is 0 Å². The Morgan fingerprint density at radius 1 is 1.21 bits per heavy atom. The maximum absolute atomic E-state index is 5.15. The van der Waals surface area contributed by atoms with Crippen LogP contribution in [0.2, 0.25) is 0 Å². The summed E-state index contributed by atoms with van der Waals surface area (Å²) < 4.78 is 5.15. The average Bonchev–Trinajstić information content (AvgIpc) is 2.31. The number of hydrogen-bond donors (Lipinski definition) is 1. The van der Waals surface area contributed by atoms with Gasteiger partial charge in [-0.3, -0.25) is 0 Å². The van der Waals surface area contributed by atoms with Gasteiger partial charge in [-0.05, 0) is 36.2 Å². The number of rotatable bonds is 1. The fourth-order valence-electron chi connectivity index (χ4n) is 1.58. The highest BCUT2D eigenvalue weighted by molar-refractivity contribution is 5.36. The van der Waals surface area contributed by atoms with Crippen molar-refractivity contribution < 1.29 is 4.74 Å². The van der Waals surface area contributed by atoms with Crippen LogP contribution in [0.4, 0.5) is 0 Å². The fourth-order valence-corrected chi connectivity index (χ4v) is 1.58. The number of benzene rings is 1.